The minimum atomic E-state index is -4.93. The molecule has 488 valence electrons. The molecule has 4 aliphatic rings. The van der Waals surface area contributed by atoms with Crippen molar-refractivity contribution >= 4 is 52.9 Å². The molecule has 1 fully saturated rings. The zero-order valence-electron chi connectivity index (χ0n) is 52.5. The predicted octanol–water partition coefficient (Wildman–Crippen LogP) is 8.18. The summed E-state index contributed by atoms with van der Waals surface area (Å²) in [5.74, 6) is -9.19. The molecule has 11 atom stereocenters. The van der Waals surface area contributed by atoms with Crippen LogP contribution in [0.25, 0.3) is 0 Å². The van der Waals surface area contributed by atoms with E-state index in [4.69, 9.17) is 0 Å². The van der Waals surface area contributed by atoms with Crippen molar-refractivity contribution in [2.75, 3.05) is 26.0 Å². The highest BCUT2D eigenvalue weighted by atomic mass is 19.4. The molecule has 7 rings (SSSR count). The van der Waals surface area contributed by atoms with Gasteiger partial charge < -0.3 is 52.3 Å². The average Bonchev–Trinajstić information content (AvgIpc) is 1.81. The number of amides is 8. The number of rotatable bonds is 21. The molecule has 0 bridgehead atoms. The maximum Gasteiger partial charge on any atom is 0.389 e. The predicted molar refractivity (Wildman–Crippen MR) is 323 cm³/mol. The summed E-state index contributed by atoms with van der Waals surface area (Å²) in [6.07, 6.45) is -11.5. The number of fused-ring (bicyclic) bond motifs is 3. The number of likely N-dealkylation sites (N-methyl/N-ethyl adjacent to an activating group) is 2. The number of likely N-dealkylation sites (tertiary alicyclic amines) is 1. The number of urea groups is 1. The van der Waals surface area contributed by atoms with Crippen LogP contribution in [0.2, 0.25) is 0 Å². The highest BCUT2D eigenvalue weighted by molar-refractivity contribution is 5.99. The number of hydrogen-bond acceptors (Lipinski definition) is 10. The Labute approximate surface area is 517 Å². The van der Waals surface area contributed by atoms with Crippen molar-refractivity contribution in [1.29, 1.82) is 0 Å². The van der Waals surface area contributed by atoms with Gasteiger partial charge in [0.15, 0.2) is 5.78 Å². The Morgan fingerprint density at radius 1 is 0.573 bits per heavy atom. The maximum atomic E-state index is 15.0. The molecule has 24 heteroatoms. The van der Waals surface area contributed by atoms with Crippen molar-refractivity contribution in [3.05, 3.63) is 100 Å². The lowest BCUT2D eigenvalue weighted by molar-refractivity contribution is -0.151. The van der Waals surface area contributed by atoms with E-state index in [1.807, 2.05) is 48.5 Å². The van der Waals surface area contributed by atoms with Crippen molar-refractivity contribution in [3.63, 3.8) is 0 Å². The Morgan fingerprint density at radius 2 is 1.08 bits per heavy atom. The minimum Gasteiger partial charge on any atom is -0.351 e. The van der Waals surface area contributed by atoms with Gasteiger partial charge >= 0.3 is 18.4 Å². The quantitative estimate of drug-likeness (QED) is 0.0476. The number of halogens is 6. The molecule has 2 aliphatic heterocycles. The van der Waals surface area contributed by atoms with Gasteiger partial charge in [-0.15, -0.1) is 0 Å². The van der Waals surface area contributed by atoms with Gasteiger partial charge in [0.05, 0.1) is 42.2 Å². The zero-order chi connectivity index (χ0) is 65.5. The summed E-state index contributed by atoms with van der Waals surface area (Å²) in [4.78, 5) is 118. The van der Waals surface area contributed by atoms with Gasteiger partial charge in [-0.25, -0.2) is 4.79 Å². The van der Waals surface area contributed by atoms with E-state index in [2.05, 4.69) is 42.5 Å². The minimum absolute atomic E-state index is 0.0383. The number of aryl methyl sites for hydroxylation is 2. The van der Waals surface area contributed by atoms with Crippen LogP contribution in [0.3, 0.4) is 0 Å². The number of nitrogens with one attached hydrogen (secondary N) is 8. The second-order valence-corrected chi connectivity index (χ2v) is 26.6. The van der Waals surface area contributed by atoms with Crippen LogP contribution in [0, 0.1) is 22.7 Å². The summed E-state index contributed by atoms with van der Waals surface area (Å²) < 4.78 is 85.7. The summed E-state index contributed by atoms with van der Waals surface area (Å²) in [5.41, 5.74) is 3.01. The first kappa shape index (κ1) is 69.4. The molecule has 3 aromatic carbocycles. The summed E-state index contributed by atoms with van der Waals surface area (Å²) in [6, 6.07) is 10.7. The van der Waals surface area contributed by atoms with Crippen molar-refractivity contribution < 1.29 is 64.7 Å². The number of carbonyl (C=O) groups is 8. The van der Waals surface area contributed by atoms with Crippen LogP contribution >= 0.6 is 0 Å². The van der Waals surface area contributed by atoms with E-state index in [0.29, 0.717) is 24.0 Å². The fourth-order valence-corrected chi connectivity index (χ4v) is 12.6. The Balaban J connectivity index is 1.20. The first-order valence-electron chi connectivity index (χ1n) is 30.9. The third-order valence-electron chi connectivity index (χ3n) is 17.9. The molecule has 0 aromatic heterocycles. The van der Waals surface area contributed by atoms with E-state index in [9.17, 15) is 59.9 Å². The van der Waals surface area contributed by atoms with Crippen molar-refractivity contribution in [2.24, 2.45) is 22.7 Å². The molecule has 8 amide bonds. The average molecular weight is 1250 g/mol. The molecule has 0 spiro atoms. The second-order valence-electron chi connectivity index (χ2n) is 26.6. The van der Waals surface area contributed by atoms with Gasteiger partial charge in [0.2, 0.25) is 35.4 Å². The lowest BCUT2D eigenvalue weighted by Gasteiger charge is -2.42. The number of hydrogen-bond donors (Lipinski definition) is 8. The fraction of sp³-hybridized carbons (Fsp3) is 0.600. The molecule has 18 nitrogen and oxygen atoms in total. The van der Waals surface area contributed by atoms with Gasteiger partial charge in [0.1, 0.15) is 12.1 Å². The van der Waals surface area contributed by atoms with Gasteiger partial charge in [-0.3, -0.25) is 33.6 Å². The van der Waals surface area contributed by atoms with Crippen LogP contribution in [0.5, 0.6) is 0 Å². The van der Waals surface area contributed by atoms with Crippen molar-refractivity contribution in [1.82, 2.24) is 47.0 Å². The van der Waals surface area contributed by atoms with Crippen molar-refractivity contribution in [3.8, 4) is 0 Å². The number of nitrogens with zero attached hydrogens (tertiary/aromatic N) is 2. The highest BCUT2D eigenvalue weighted by Gasteiger charge is 2.49. The number of alkyl halides is 6. The molecule has 2 heterocycles. The first-order valence-corrected chi connectivity index (χ1v) is 30.9. The van der Waals surface area contributed by atoms with E-state index >= 15 is 4.79 Å². The Kier molecular flexibility index (Phi) is 22.5. The number of benzene rings is 3. The molecular weight excluding hydrogens is 1160 g/mol. The highest BCUT2D eigenvalue weighted by Crippen LogP contribution is 2.38. The largest absolute Gasteiger partial charge is 0.389 e. The van der Waals surface area contributed by atoms with Crippen LogP contribution < -0.4 is 42.5 Å². The van der Waals surface area contributed by atoms with Gasteiger partial charge in [-0.05, 0) is 142 Å². The van der Waals surface area contributed by atoms with Crippen molar-refractivity contribution in [2.45, 2.75) is 206 Å². The van der Waals surface area contributed by atoms with Crippen LogP contribution in [0.15, 0.2) is 66.7 Å². The fourth-order valence-electron chi connectivity index (χ4n) is 12.6. The van der Waals surface area contributed by atoms with E-state index < -0.39 is 156 Å². The lowest BCUT2D eigenvalue weighted by atomic mass is 9.81. The number of carbonyl (C=O) groups excluding carboxylic acids is 8. The maximum absolute atomic E-state index is 15.0. The van der Waals surface area contributed by atoms with Crippen LogP contribution in [0.4, 0.5) is 36.8 Å². The zero-order valence-corrected chi connectivity index (χ0v) is 52.5. The second kappa shape index (κ2) is 28.8. The molecule has 0 saturated carbocycles. The summed E-state index contributed by atoms with van der Waals surface area (Å²) in [7, 11) is 3.14. The Hall–Kier alpha value is -7.08. The topological polar surface area (TPSA) is 239 Å². The molecular formula is C65H88F6N10O8. The SMILES string of the molecule is CN[C@@H](C)C(=O)N[C@H](C(=O)[C@@H]1C[C@H](NC(=O)[C@@H](CCC(F)(F)F)[C@@H](CCC(F)(F)F)C(=O)Nc2ccc3c(c2)CN(C(=O)[C@@H](NC(=O)[C@H](C)NC)C(C)(C)C)[C@H](C(=O)N[C@@H]2CCCc4ccccc42)C3)CN1C(=O)N[C@@H]1CCCc2ccccc21)C(C)(C)C. The molecule has 2 aliphatic carbocycles. The van der Waals surface area contributed by atoms with E-state index in [1.54, 1.807) is 75.6 Å². The molecule has 3 aromatic rings. The summed E-state index contributed by atoms with van der Waals surface area (Å²) in [5, 5.41) is 22.8. The van der Waals surface area contributed by atoms with Gasteiger partial charge in [-0.2, -0.15) is 26.3 Å². The Bertz CT molecular complexity index is 3070. The smallest absolute Gasteiger partial charge is 0.351 e. The molecule has 0 radical (unpaired) electrons. The van der Waals surface area contributed by atoms with Crippen LogP contribution in [-0.2, 0) is 59.4 Å². The summed E-state index contributed by atoms with van der Waals surface area (Å²) in [6.45, 7) is 13.0. The third-order valence-corrected chi connectivity index (χ3v) is 17.9. The van der Waals surface area contributed by atoms with E-state index in [-0.39, 0.29) is 37.7 Å². The van der Waals surface area contributed by atoms with E-state index in [1.165, 1.54) is 21.9 Å². The number of ketones is 1. The summed E-state index contributed by atoms with van der Waals surface area (Å²) >= 11 is 0. The molecule has 89 heavy (non-hydrogen) atoms. The molecule has 8 N–H and O–H groups in total. The molecule has 0 unspecified atom stereocenters. The van der Waals surface area contributed by atoms with Gasteiger partial charge in [0.25, 0.3) is 0 Å². The monoisotopic (exact) mass is 1250 g/mol. The number of Topliss-reactive ketones (excluding diaryl/α,β-unsaturated/α-hetero) is 1. The van der Waals surface area contributed by atoms with E-state index in [0.717, 1.165) is 47.9 Å². The Morgan fingerprint density at radius 3 is 1.60 bits per heavy atom. The van der Waals surface area contributed by atoms with Gasteiger partial charge in [0, 0.05) is 50.0 Å². The third kappa shape index (κ3) is 17.9. The molecule has 1 saturated heterocycles. The first-order chi connectivity index (χ1) is 41.7. The van der Waals surface area contributed by atoms with Gasteiger partial charge in [-0.1, -0.05) is 96.1 Å². The van der Waals surface area contributed by atoms with Crippen LogP contribution in [0.1, 0.15) is 159 Å². The number of anilines is 1. The normalized spacial score (nSPS) is 21.5. The van der Waals surface area contributed by atoms with Crippen LogP contribution in [-0.4, -0.2) is 132 Å². The lowest BCUT2D eigenvalue weighted by Crippen LogP contribution is -2.62. The standard InChI is InChI=1S/C65H88F6N10O8/c1-36(72-9)55(83)78-53(62(3,4)5)52(82)50-33-43(35-81(50)61(89)77-49-24-16-20-39-18-12-14-22-45(39)49)75-58(86)47(28-30-65(69,70)71)46(27-29-64(66,67)68)57(85)74-42-26-25-40-32-51(59(87)76-48-23-15-19-38-17-11-13-21-44(38)48)80(34-41(40)31-42)60(88)54(63(6,7)8)79-56(84)37(2)73-10/h11-14,17-18,21-22,25-26,31,36-37,43,46-51,53-54,72-73H,15-16,19-20,23-24,27-30,32-35H2,1-10H3,(H,74,85)(H,75,86)(H,76,87)(H,77,89)(H,78,83)(H,79,84)/t36-,37-,43-,46+,47-,48+,49+,50-,51-,53+,54+/m0/s1.